The lowest BCUT2D eigenvalue weighted by molar-refractivity contribution is -0.130. The van der Waals surface area contributed by atoms with Crippen molar-refractivity contribution in [3.05, 3.63) is 47.6 Å². The maximum absolute atomic E-state index is 12.4. The Morgan fingerprint density at radius 1 is 1.39 bits per heavy atom. The zero-order chi connectivity index (χ0) is 16.7. The molecule has 7 heteroatoms. The van der Waals surface area contributed by atoms with Gasteiger partial charge in [-0.3, -0.25) is 4.79 Å². The van der Waals surface area contributed by atoms with Crippen LogP contribution < -0.4 is 0 Å². The van der Waals surface area contributed by atoms with Gasteiger partial charge in [0.25, 0.3) is 0 Å². The SMILES string of the molecule is Cc1nc(CSCC(=O)N(Cc2ccccc2)C[C@@H](C)O)no1. The van der Waals surface area contributed by atoms with Gasteiger partial charge in [-0.15, -0.1) is 11.8 Å². The predicted molar refractivity (Wildman–Crippen MR) is 88.7 cm³/mol. The van der Waals surface area contributed by atoms with E-state index >= 15 is 0 Å². The first-order chi connectivity index (χ1) is 11.0. The van der Waals surface area contributed by atoms with E-state index in [1.807, 2.05) is 30.3 Å². The third-order valence-corrected chi connectivity index (χ3v) is 3.99. The molecule has 0 unspecified atom stereocenters. The first-order valence-corrected chi connectivity index (χ1v) is 8.56. The van der Waals surface area contributed by atoms with E-state index in [0.29, 0.717) is 36.3 Å². The van der Waals surface area contributed by atoms with Crippen molar-refractivity contribution in [2.45, 2.75) is 32.2 Å². The molecule has 0 spiro atoms. The van der Waals surface area contributed by atoms with E-state index in [1.165, 1.54) is 11.8 Å². The summed E-state index contributed by atoms with van der Waals surface area (Å²) in [5.41, 5.74) is 1.04. The summed E-state index contributed by atoms with van der Waals surface area (Å²) in [7, 11) is 0. The first-order valence-electron chi connectivity index (χ1n) is 7.41. The molecule has 0 saturated heterocycles. The van der Waals surface area contributed by atoms with Crippen LogP contribution in [0.25, 0.3) is 0 Å². The van der Waals surface area contributed by atoms with Crippen LogP contribution in [0.15, 0.2) is 34.9 Å². The van der Waals surface area contributed by atoms with Crippen LogP contribution in [0.5, 0.6) is 0 Å². The van der Waals surface area contributed by atoms with Crippen molar-refractivity contribution in [2.75, 3.05) is 12.3 Å². The number of nitrogens with zero attached hydrogens (tertiary/aromatic N) is 3. The summed E-state index contributed by atoms with van der Waals surface area (Å²) >= 11 is 1.44. The lowest BCUT2D eigenvalue weighted by Gasteiger charge is -2.24. The highest BCUT2D eigenvalue weighted by Gasteiger charge is 2.16. The van der Waals surface area contributed by atoms with Crippen LogP contribution in [0.4, 0.5) is 0 Å². The number of aromatic nitrogens is 2. The molecule has 1 heterocycles. The maximum atomic E-state index is 12.4. The Bertz CT molecular complexity index is 616. The molecule has 0 fully saturated rings. The number of aryl methyl sites for hydroxylation is 1. The van der Waals surface area contributed by atoms with Gasteiger partial charge in [0.2, 0.25) is 11.8 Å². The summed E-state index contributed by atoms with van der Waals surface area (Å²) in [4.78, 5) is 18.2. The Hall–Kier alpha value is -1.86. The molecular weight excluding hydrogens is 314 g/mol. The third kappa shape index (κ3) is 6.03. The van der Waals surface area contributed by atoms with Crippen molar-refractivity contribution in [3.8, 4) is 0 Å². The van der Waals surface area contributed by atoms with Crippen LogP contribution >= 0.6 is 11.8 Å². The second-order valence-electron chi connectivity index (χ2n) is 5.33. The molecule has 2 rings (SSSR count). The van der Waals surface area contributed by atoms with E-state index in [1.54, 1.807) is 18.7 Å². The molecule has 23 heavy (non-hydrogen) atoms. The Morgan fingerprint density at radius 2 is 2.13 bits per heavy atom. The topological polar surface area (TPSA) is 79.5 Å². The number of benzene rings is 1. The number of carbonyl (C=O) groups excluding carboxylic acids is 1. The Kier molecular flexibility index (Phi) is 6.61. The van der Waals surface area contributed by atoms with Gasteiger partial charge in [0, 0.05) is 20.0 Å². The molecule has 1 N–H and O–H groups in total. The zero-order valence-electron chi connectivity index (χ0n) is 13.3. The Morgan fingerprint density at radius 3 is 2.74 bits per heavy atom. The first kappa shape index (κ1) is 17.5. The highest BCUT2D eigenvalue weighted by atomic mass is 32.2. The maximum Gasteiger partial charge on any atom is 0.232 e. The summed E-state index contributed by atoms with van der Waals surface area (Å²) < 4.78 is 4.90. The number of aliphatic hydroxyl groups excluding tert-OH is 1. The molecule has 0 aliphatic rings. The minimum Gasteiger partial charge on any atom is -0.392 e. The predicted octanol–water partition coefficient (Wildman–Crippen LogP) is 2.02. The van der Waals surface area contributed by atoms with Crippen molar-refractivity contribution in [3.63, 3.8) is 0 Å². The smallest absolute Gasteiger partial charge is 0.232 e. The second kappa shape index (κ2) is 8.69. The van der Waals surface area contributed by atoms with E-state index < -0.39 is 6.10 Å². The van der Waals surface area contributed by atoms with Gasteiger partial charge in [-0.1, -0.05) is 35.5 Å². The number of carbonyl (C=O) groups is 1. The van der Waals surface area contributed by atoms with Crippen molar-refractivity contribution >= 4 is 17.7 Å². The van der Waals surface area contributed by atoms with Gasteiger partial charge in [0.15, 0.2) is 5.82 Å². The average molecular weight is 335 g/mol. The minimum absolute atomic E-state index is 0.0139. The molecular formula is C16H21N3O3S. The van der Waals surface area contributed by atoms with Gasteiger partial charge in [-0.05, 0) is 12.5 Å². The highest BCUT2D eigenvalue weighted by Crippen LogP contribution is 2.12. The molecule has 0 aliphatic carbocycles. The number of thioether (sulfide) groups is 1. The number of amides is 1. The fourth-order valence-corrected chi connectivity index (χ4v) is 2.86. The fourth-order valence-electron chi connectivity index (χ4n) is 2.10. The van der Waals surface area contributed by atoms with Gasteiger partial charge in [-0.25, -0.2) is 0 Å². The lowest BCUT2D eigenvalue weighted by atomic mass is 10.2. The molecule has 0 saturated carbocycles. The van der Waals surface area contributed by atoms with E-state index in [-0.39, 0.29) is 5.91 Å². The van der Waals surface area contributed by atoms with Crippen molar-refractivity contribution in [1.82, 2.24) is 15.0 Å². The number of hydrogen-bond donors (Lipinski definition) is 1. The molecule has 1 amide bonds. The molecule has 1 aromatic heterocycles. The van der Waals surface area contributed by atoms with E-state index in [4.69, 9.17) is 4.52 Å². The van der Waals surface area contributed by atoms with Crippen LogP contribution in [0.3, 0.4) is 0 Å². The van der Waals surface area contributed by atoms with Crippen LogP contribution in [0.1, 0.15) is 24.2 Å². The van der Waals surface area contributed by atoms with Gasteiger partial charge in [0.05, 0.1) is 17.6 Å². The zero-order valence-corrected chi connectivity index (χ0v) is 14.1. The monoisotopic (exact) mass is 335 g/mol. The quantitative estimate of drug-likeness (QED) is 0.795. The summed E-state index contributed by atoms with van der Waals surface area (Å²) in [6.45, 7) is 4.22. The molecule has 1 aromatic carbocycles. The molecule has 0 radical (unpaired) electrons. The lowest BCUT2D eigenvalue weighted by Crippen LogP contribution is -2.37. The van der Waals surface area contributed by atoms with Gasteiger partial charge in [0.1, 0.15) is 0 Å². The van der Waals surface area contributed by atoms with Crippen molar-refractivity contribution in [2.24, 2.45) is 0 Å². The Labute approximate surface area is 139 Å². The van der Waals surface area contributed by atoms with E-state index in [0.717, 1.165) is 5.56 Å². The van der Waals surface area contributed by atoms with Gasteiger partial charge < -0.3 is 14.5 Å². The van der Waals surface area contributed by atoms with Crippen LogP contribution in [-0.2, 0) is 17.1 Å². The van der Waals surface area contributed by atoms with Crippen LogP contribution in [0.2, 0.25) is 0 Å². The van der Waals surface area contributed by atoms with Crippen molar-refractivity contribution < 1.29 is 14.4 Å². The molecule has 0 aliphatic heterocycles. The van der Waals surface area contributed by atoms with Gasteiger partial charge >= 0.3 is 0 Å². The van der Waals surface area contributed by atoms with E-state index in [9.17, 15) is 9.90 Å². The second-order valence-corrected chi connectivity index (χ2v) is 6.32. The van der Waals surface area contributed by atoms with Gasteiger partial charge in [-0.2, -0.15) is 4.98 Å². The number of hydrogen-bond acceptors (Lipinski definition) is 6. The van der Waals surface area contributed by atoms with Crippen molar-refractivity contribution in [1.29, 1.82) is 0 Å². The van der Waals surface area contributed by atoms with Crippen LogP contribution in [0, 0.1) is 6.92 Å². The summed E-state index contributed by atoms with van der Waals surface area (Å²) in [5.74, 6) is 1.93. The van der Waals surface area contributed by atoms with Crippen LogP contribution in [-0.4, -0.2) is 44.5 Å². The number of rotatable bonds is 8. The number of aliphatic hydroxyl groups is 1. The normalized spacial score (nSPS) is 12.1. The molecule has 2 aromatic rings. The molecule has 0 bridgehead atoms. The summed E-state index contributed by atoms with van der Waals surface area (Å²) in [5, 5.41) is 13.4. The molecule has 124 valence electrons. The third-order valence-electron chi connectivity index (χ3n) is 3.08. The molecule has 1 atom stereocenters. The standard InChI is InChI=1S/C16H21N3O3S/c1-12(20)8-19(9-14-6-4-3-5-7-14)16(21)11-23-10-15-17-13(2)22-18-15/h3-7,12,20H,8-11H2,1-2H3/t12-/m1/s1. The molecule has 6 nitrogen and oxygen atoms in total. The largest absolute Gasteiger partial charge is 0.392 e. The fraction of sp³-hybridized carbons (Fsp3) is 0.438. The summed E-state index contributed by atoms with van der Waals surface area (Å²) in [6.07, 6.45) is -0.562. The van der Waals surface area contributed by atoms with E-state index in [2.05, 4.69) is 10.1 Å². The summed E-state index contributed by atoms with van der Waals surface area (Å²) in [6, 6.07) is 9.75. The Balaban J connectivity index is 1.88. The minimum atomic E-state index is -0.562. The average Bonchev–Trinajstić information content (AvgIpc) is 2.92. The highest BCUT2D eigenvalue weighted by molar-refractivity contribution is 7.99.